The standard InChI is InChI=1S/C13H14FN3O/c1-9-2-3-13(18)17(16-9)8-11-4-10(7-15)5-12(14)6-11/h2-6H,7-8,15H2,1H3. The van der Waals surface area contributed by atoms with Gasteiger partial charge in [-0.1, -0.05) is 6.07 Å². The highest BCUT2D eigenvalue weighted by molar-refractivity contribution is 5.24. The largest absolute Gasteiger partial charge is 0.326 e. The van der Waals surface area contributed by atoms with Crippen molar-refractivity contribution in [1.82, 2.24) is 9.78 Å². The molecule has 0 aliphatic rings. The molecule has 0 amide bonds. The molecule has 2 N–H and O–H groups in total. The Hall–Kier alpha value is -2.01. The first-order chi connectivity index (χ1) is 8.58. The van der Waals surface area contributed by atoms with Crippen molar-refractivity contribution in [3.05, 3.63) is 63.3 Å². The smallest absolute Gasteiger partial charge is 0.267 e. The number of nitrogens with zero attached hydrogens (tertiary/aromatic N) is 2. The molecule has 2 aromatic rings. The van der Waals surface area contributed by atoms with Gasteiger partial charge in [0.25, 0.3) is 5.56 Å². The maximum Gasteiger partial charge on any atom is 0.267 e. The Morgan fingerprint density at radius 2 is 2.00 bits per heavy atom. The highest BCUT2D eigenvalue weighted by Crippen LogP contribution is 2.09. The normalized spacial score (nSPS) is 10.6. The Kier molecular flexibility index (Phi) is 3.53. The summed E-state index contributed by atoms with van der Waals surface area (Å²) in [6.45, 7) is 2.30. The molecule has 94 valence electrons. The second kappa shape index (κ2) is 5.10. The molecule has 0 radical (unpaired) electrons. The zero-order valence-electron chi connectivity index (χ0n) is 10.1. The molecule has 1 aromatic heterocycles. The molecular formula is C13H14FN3O. The van der Waals surface area contributed by atoms with E-state index in [0.717, 1.165) is 5.69 Å². The van der Waals surface area contributed by atoms with Gasteiger partial charge in [0.2, 0.25) is 0 Å². The van der Waals surface area contributed by atoms with Gasteiger partial charge in [-0.2, -0.15) is 5.10 Å². The lowest BCUT2D eigenvalue weighted by Gasteiger charge is -2.07. The number of aromatic nitrogens is 2. The monoisotopic (exact) mass is 247 g/mol. The molecule has 0 aliphatic heterocycles. The molecule has 0 unspecified atom stereocenters. The molecule has 0 aliphatic carbocycles. The minimum Gasteiger partial charge on any atom is -0.326 e. The third kappa shape index (κ3) is 2.81. The van der Waals surface area contributed by atoms with E-state index in [1.165, 1.54) is 22.9 Å². The van der Waals surface area contributed by atoms with E-state index in [9.17, 15) is 9.18 Å². The highest BCUT2D eigenvalue weighted by Gasteiger charge is 2.03. The Morgan fingerprint density at radius 1 is 1.28 bits per heavy atom. The Bertz CT molecular complexity index is 622. The summed E-state index contributed by atoms with van der Waals surface area (Å²) in [7, 11) is 0. The summed E-state index contributed by atoms with van der Waals surface area (Å²) in [5, 5.41) is 4.10. The van der Waals surface area contributed by atoms with Crippen LogP contribution in [0.15, 0.2) is 35.1 Å². The second-order valence-corrected chi connectivity index (χ2v) is 4.14. The molecule has 18 heavy (non-hydrogen) atoms. The fourth-order valence-electron chi connectivity index (χ4n) is 1.76. The average molecular weight is 247 g/mol. The zero-order valence-corrected chi connectivity index (χ0v) is 10.1. The molecule has 2 rings (SSSR count). The van der Waals surface area contributed by atoms with Gasteiger partial charge < -0.3 is 5.73 Å². The number of rotatable bonds is 3. The summed E-state index contributed by atoms with van der Waals surface area (Å²) < 4.78 is 14.6. The molecule has 0 atom stereocenters. The van der Waals surface area contributed by atoms with Gasteiger partial charge in [0.05, 0.1) is 12.2 Å². The summed E-state index contributed by atoms with van der Waals surface area (Å²) in [6, 6.07) is 7.65. The summed E-state index contributed by atoms with van der Waals surface area (Å²) >= 11 is 0. The van der Waals surface area contributed by atoms with Crippen molar-refractivity contribution in [3.63, 3.8) is 0 Å². The van der Waals surface area contributed by atoms with Gasteiger partial charge in [0.15, 0.2) is 0 Å². The lowest BCUT2D eigenvalue weighted by atomic mass is 10.1. The van der Waals surface area contributed by atoms with Gasteiger partial charge in [-0.25, -0.2) is 9.07 Å². The van der Waals surface area contributed by atoms with Crippen molar-refractivity contribution in [1.29, 1.82) is 0 Å². The molecule has 0 saturated carbocycles. The van der Waals surface area contributed by atoms with Crippen LogP contribution in [0.5, 0.6) is 0 Å². The van der Waals surface area contributed by atoms with Crippen LogP contribution in [0, 0.1) is 12.7 Å². The van der Waals surface area contributed by atoms with Crippen LogP contribution in [0.4, 0.5) is 4.39 Å². The Balaban J connectivity index is 2.36. The quantitative estimate of drug-likeness (QED) is 0.886. The van der Waals surface area contributed by atoms with Crippen molar-refractivity contribution in [2.45, 2.75) is 20.0 Å². The van der Waals surface area contributed by atoms with Crippen LogP contribution >= 0.6 is 0 Å². The van der Waals surface area contributed by atoms with E-state index < -0.39 is 0 Å². The molecular weight excluding hydrogens is 233 g/mol. The van der Waals surface area contributed by atoms with Crippen molar-refractivity contribution in [3.8, 4) is 0 Å². The van der Waals surface area contributed by atoms with Gasteiger partial charge >= 0.3 is 0 Å². The number of hydrogen-bond acceptors (Lipinski definition) is 3. The van der Waals surface area contributed by atoms with Crippen LogP contribution in [-0.4, -0.2) is 9.78 Å². The topological polar surface area (TPSA) is 60.9 Å². The van der Waals surface area contributed by atoms with Crippen LogP contribution in [0.2, 0.25) is 0 Å². The molecule has 1 heterocycles. The van der Waals surface area contributed by atoms with E-state index in [4.69, 9.17) is 5.73 Å². The van der Waals surface area contributed by atoms with E-state index in [-0.39, 0.29) is 24.5 Å². The first-order valence-corrected chi connectivity index (χ1v) is 5.61. The van der Waals surface area contributed by atoms with Crippen LogP contribution < -0.4 is 11.3 Å². The SMILES string of the molecule is Cc1ccc(=O)n(Cc2cc(F)cc(CN)c2)n1. The molecule has 0 spiro atoms. The number of halogens is 1. The van der Waals surface area contributed by atoms with Crippen molar-refractivity contribution >= 4 is 0 Å². The van der Waals surface area contributed by atoms with E-state index >= 15 is 0 Å². The zero-order chi connectivity index (χ0) is 13.1. The Morgan fingerprint density at radius 3 is 2.72 bits per heavy atom. The first kappa shape index (κ1) is 12.4. The van der Waals surface area contributed by atoms with E-state index in [2.05, 4.69) is 5.10 Å². The third-order valence-electron chi connectivity index (χ3n) is 2.59. The lowest BCUT2D eigenvalue weighted by molar-refractivity contribution is 0.604. The number of benzene rings is 1. The van der Waals surface area contributed by atoms with E-state index in [1.54, 1.807) is 19.1 Å². The lowest BCUT2D eigenvalue weighted by Crippen LogP contribution is -2.23. The van der Waals surface area contributed by atoms with Crippen LogP contribution in [0.25, 0.3) is 0 Å². The molecule has 0 fully saturated rings. The maximum absolute atomic E-state index is 13.3. The number of hydrogen-bond donors (Lipinski definition) is 1. The minimum absolute atomic E-state index is 0.209. The first-order valence-electron chi connectivity index (χ1n) is 5.61. The van der Waals surface area contributed by atoms with Crippen LogP contribution in [0.1, 0.15) is 16.8 Å². The number of aryl methyl sites for hydroxylation is 1. The second-order valence-electron chi connectivity index (χ2n) is 4.14. The number of nitrogens with two attached hydrogens (primary N) is 1. The molecule has 0 saturated heterocycles. The van der Waals surface area contributed by atoms with Crippen LogP contribution in [-0.2, 0) is 13.1 Å². The maximum atomic E-state index is 13.3. The Labute approximate surface area is 104 Å². The summed E-state index contributed by atoms with van der Waals surface area (Å²) in [5.74, 6) is -0.353. The van der Waals surface area contributed by atoms with Gasteiger partial charge in [0, 0.05) is 12.6 Å². The predicted molar refractivity (Wildman–Crippen MR) is 66.6 cm³/mol. The highest BCUT2D eigenvalue weighted by atomic mass is 19.1. The van der Waals surface area contributed by atoms with Gasteiger partial charge in [-0.15, -0.1) is 0 Å². The summed E-state index contributed by atoms with van der Waals surface area (Å²) in [5.41, 5.74) is 7.39. The third-order valence-corrected chi connectivity index (χ3v) is 2.59. The van der Waals surface area contributed by atoms with Gasteiger partial charge in [0.1, 0.15) is 5.82 Å². The van der Waals surface area contributed by atoms with Crippen molar-refractivity contribution < 1.29 is 4.39 Å². The fourth-order valence-corrected chi connectivity index (χ4v) is 1.76. The predicted octanol–water partition coefficient (Wildman–Crippen LogP) is 1.20. The van der Waals surface area contributed by atoms with Crippen molar-refractivity contribution in [2.24, 2.45) is 5.73 Å². The van der Waals surface area contributed by atoms with Crippen molar-refractivity contribution in [2.75, 3.05) is 0 Å². The van der Waals surface area contributed by atoms with E-state index in [1.807, 2.05) is 0 Å². The van der Waals surface area contributed by atoms with E-state index in [0.29, 0.717) is 11.1 Å². The minimum atomic E-state index is -0.353. The summed E-state index contributed by atoms with van der Waals surface area (Å²) in [4.78, 5) is 11.6. The van der Waals surface area contributed by atoms with Gasteiger partial charge in [-0.3, -0.25) is 4.79 Å². The molecule has 5 heteroatoms. The fraction of sp³-hybridized carbons (Fsp3) is 0.231. The van der Waals surface area contributed by atoms with Gasteiger partial charge in [-0.05, 0) is 36.2 Å². The molecule has 4 nitrogen and oxygen atoms in total. The molecule has 0 bridgehead atoms. The van der Waals surface area contributed by atoms with Crippen LogP contribution in [0.3, 0.4) is 0 Å². The summed E-state index contributed by atoms with van der Waals surface area (Å²) in [6.07, 6.45) is 0. The average Bonchev–Trinajstić information content (AvgIpc) is 2.33. The molecule has 1 aromatic carbocycles.